The fourth-order valence-corrected chi connectivity index (χ4v) is 4.65. The second-order valence-electron chi connectivity index (χ2n) is 6.45. The number of rotatable bonds is 2. The summed E-state index contributed by atoms with van der Waals surface area (Å²) >= 11 is 0. The maximum absolute atomic E-state index is 12.4. The van der Waals surface area contributed by atoms with Crippen LogP contribution < -0.4 is 5.32 Å². The van der Waals surface area contributed by atoms with Crippen molar-refractivity contribution in [3.63, 3.8) is 0 Å². The van der Waals surface area contributed by atoms with Crippen molar-refractivity contribution >= 4 is 11.6 Å². The second kappa shape index (κ2) is 3.75. The van der Waals surface area contributed by atoms with Crippen LogP contribution in [0.4, 0.5) is 5.69 Å². The normalized spacial score (nSPS) is 38.1. The average molecular weight is 257 g/mol. The molecule has 0 aromatic heterocycles. The van der Waals surface area contributed by atoms with Crippen LogP contribution in [0.2, 0.25) is 0 Å². The van der Waals surface area contributed by atoms with Gasteiger partial charge in [0, 0.05) is 17.2 Å². The van der Waals surface area contributed by atoms with Crippen LogP contribution in [0.3, 0.4) is 0 Å². The minimum Gasteiger partial charge on any atom is -0.508 e. The Bertz CT molecular complexity index is 538. The molecule has 3 nitrogen and oxygen atoms in total. The maximum atomic E-state index is 12.4. The van der Waals surface area contributed by atoms with Crippen molar-refractivity contribution in [3.8, 4) is 5.75 Å². The molecule has 100 valence electrons. The molecule has 0 spiro atoms. The van der Waals surface area contributed by atoms with E-state index in [0.717, 1.165) is 23.1 Å². The smallest absolute Gasteiger partial charge is 0.228 e. The molecule has 1 amide bonds. The minimum atomic E-state index is 0.167. The number of fused-ring (bicyclic) bond motifs is 5. The molecule has 3 heteroatoms. The highest BCUT2D eigenvalue weighted by Gasteiger charge is 2.67. The number of aromatic hydroxyl groups is 1. The third-order valence-corrected chi connectivity index (χ3v) is 5.60. The summed E-state index contributed by atoms with van der Waals surface area (Å²) in [4.78, 5) is 12.4. The molecule has 2 N–H and O–H groups in total. The molecule has 4 unspecified atom stereocenters. The zero-order chi connectivity index (χ0) is 13.1. The van der Waals surface area contributed by atoms with Crippen molar-refractivity contribution in [2.24, 2.45) is 29.6 Å². The highest BCUT2D eigenvalue weighted by molar-refractivity contribution is 5.96. The van der Waals surface area contributed by atoms with Crippen LogP contribution in [0.5, 0.6) is 5.75 Å². The van der Waals surface area contributed by atoms with E-state index in [9.17, 15) is 9.90 Å². The monoisotopic (exact) mass is 257 g/mol. The summed E-state index contributed by atoms with van der Waals surface area (Å²) in [6, 6.07) is 5.28. The molecule has 1 aromatic rings. The van der Waals surface area contributed by atoms with Gasteiger partial charge in [0.25, 0.3) is 0 Å². The fourth-order valence-electron chi connectivity index (χ4n) is 4.65. The largest absolute Gasteiger partial charge is 0.508 e. The van der Waals surface area contributed by atoms with Gasteiger partial charge < -0.3 is 10.4 Å². The van der Waals surface area contributed by atoms with Crippen LogP contribution in [0.25, 0.3) is 0 Å². The van der Waals surface area contributed by atoms with Gasteiger partial charge in [0.2, 0.25) is 5.91 Å². The second-order valence-corrected chi connectivity index (χ2v) is 6.45. The lowest BCUT2D eigenvalue weighted by Crippen LogP contribution is -2.19. The Balaban J connectivity index is 1.50. The SMILES string of the molecule is Cc1c(O)cccc1NC(=O)C1C2C3CCC(C3)C12. The number of carbonyl (C=O) groups is 1. The summed E-state index contributed by atoms with van der Waals surface area (Å²) in [5.74, 6) is 3.61. The first kappa shape index (κ1) is 11.3. The predicted octanol–water partition coefficient (Wildman–Crippen LogP) is 2.93. The summed E-state index contributed by atoms with van der Waals surface area (Å²) in [6.07, 6.45) is 4.03. The van der Waals surface area contributed by atoms with E-state index >= 15 is 0 Å². The number of phenolic OH excluding ortho intramolecular Hbond substituents is 1. The van der Waals surface area contributed by atoms with E-state index in [2.05, 4.69) is 5.32 Å². The Labute approximate surface area is 113 Å². The number of carbonyl (C=O) groups excluding carboxylic acids is 1. The number of benzene rings is 1. The van der Waals surface area contributed by atoms with E-state index < -0.39 is 0 Å². The van der Waals surface area contributed by atoms with Crippen molar-refractivity contribution in [3.05, 3.63) is 23.8 Å². The Morgan fingerprint density at radius 1 is 1.26 bits per heavy atom. The first-order chi connectivity index (χ1) is 9.16. The van der Waals surface area contributed by atoms with E-state index in [4.69, 9.17) is 0 Å². The Hall–Kier alpha value is -1.51. The summed E-state index contributed by atoms with van der Waals surface area (Å²) in [7, 11) is 0. The highest BCUT2D eigenvalue weighted by atomic mass is 16.3. The van der Waals surface area contributed by atoms with Gasteiger partial charge in [-0.1, -0.05) is 6.07 Å². The Morgan fingerprint density at radius 3 is 2.63 bits per heavy atom. The number of anilines is 1. The van der Waals surface area contributed by atoms with E-state index in [1.165, 1.54) is 19.3 Å². The quantitative estimate of drug-likeness (QED) is 0.855. The number of amides is 1. The van der Waals surface area contributed by atoms with Gasteiger partial charge in [-0.15, -0.1) is 0 Å². The van der Waals surface area contributed by atoms with Gasteiger partial charge in [-0.2, -0.15) is 0 Å². The highest BCUT2D eigenvalue weighted by Crippen LogP contribution is 2.69. The lowest BCUT2D eigenvalue weighted by atomic mass is 10.0. The Morgan fingerprint density at radius 2 is 1.95 bits per heavy atom. The summed E-state index contributed by atoms with van der Waals surface area (Å²) in [5, 5.41) is 12.7. The lowest BCUT2D eigenvalue weighted by molar-refractivity contribution is -0.118. The number of hydrogen-bond acceptors (Lipinski definition) is 2. The molecule has 4 atom stereocenters. The van der Waals surface area contributed by atoms with Crippen LogP contribution in [-0.4, -0.2) is 11.0 Å². The van der Waals surface area contributed by atoms with E-state index in [-0.39, 0.29) is 17.6 Å². The molecule has 0 radical (unpaired) electrons. The van der Waals surface area contributed by atoms with Crippen molar-refractivity contribution in [1.82, 2.24) is 0 Å². The van der Waals surface area contributed by atoms with Gasteiger partial charge >= 0.3 is 0 Å². The zero-order valence-electron chi connectivity index (χ0n) is 11.1. The first-order valence-electron chi connectivity index (χ1n) is 7.26. The van der Waals surface area contributed by atoms with Crippen molar-refractivity contribution in [1.29, 1.82) is 0 Å². The van der Waals surface area contributed by atoms with Gasteiger partial charge in [0.05, 0.1) is 0 Å². The van der Waals surface area contributed by atoms with E-state index in [1.807, 2.05) is 13.0 Å². The number of nitrogens with one attached hydrogen (secondary N) is 1. The Kier molecular flexibility index (Phi) is 2.23. The molecule has 3 aliphatic carbocycles. The molecule has 0 aliphatic heterocycles. The molecule has 2 bridgehead atoms. The molecule has 3 fully saturated rings. The van der Waals surface area contributed by atoms with Crippen molar-refractivity contribution in [2.75, 3.05) is 5.32 Å². The molecule has 0 saturated heterocycles. The van der Waals surface area contributed by atoms with Gasteiger partial charge in [-0.05, 0) is 62.0 Å². The lowest BCUT2D eigenvalue weighted by Gasteiger charge is -2.12. The van der Waals surface area contributed by atoms with Crippen LogP contribution in [-0.2, 0) is 4.79 Å². The van der Waals surface area contributed by atoms with Gasteiger partial charge in [0.1, 0.15) is 5.75 Å². The third kappa shape index (κ3) is 1.54. The fraction of sp³-hybridized carbons (Fsp3) is 0.562. The van der Waals surface area contributed by atoms with Crippen LogP contribution in [0, 0.1) is 36.5 Å². The molecule has 1 aromatic carbocycles. The number of hydrogen-bond donors (Lipinski definition) is 2. The van der Waals surface area contributed by atoms with Crippen molar-refractivity contribution < 1.29 is 9.90 Å². The van der Waals surface area contributed by atoms with Crippen LogP contribution in [0.1, 0.15) is 24.8 Å². The van der Waals surface area contributed by atoms with Crippen molar-refractivity contribution in [2.45, 2.75) is 26.2 Å². The maximum Gasteiger partial charge on any atom is 0.228 e. The predicted molar refractivity (Wildman–Crippen MR) is 72.8 cm³/mol. The molecule has 3 saturated carbocycles. The topological polar surface area (TPSA) is 49.3 Å². The summed E-state index contributed by atoms with van der Waals surface area (Å²) in [5.41, 5.74) is 1.51. The van der Waals surface area contributed by atoms with Crippen LogP contribution >= 0.6 is 0 Å². The standard InChI is InChI=1S/C16H19NO2/c1-8-11(3-2-4-12(8)18)17-16(19)15-13-9-5-6-10(7-9)14(13)15/h2-4,9-10,13-15,18H,5-7H2,1H3,(H,17,19). The summed E-state index contributed by atoms with van der Waals surface area (Å²) < 4.78 is 0. The molecular formula is C16H19NO2. The zero-order valence-corrected chi connectivity index (χ0v) is 11.1. The average Bonchev–Trinajstić information content (AvgIpc) is 2.84. The van der Waals surface area contributed by atoms with Gasteiger partial charge in [-0.3, -0.25) is 4.79 Å². The van der Waals surface area contributed by atoms with Gasteiger partial charge in [-0.25, -0.2) is 0 Å². The molecule has 19 heavy (non-hydrogen) atoms. The molecule has 0 heterocycles. The third-order valence-electron chi connectivity index (χ3n) is 5.60. The molecule has 4 rings (SSSR count). The summed E-state index contributed by atoms with van der Waals surface area (Å²) in [6.45, 7) is 1.84. The molecule has 3 aliphatic rings. The van der Waals surface area contributed by atoms with Gasteiger partial charge in [0.15, 0.2) is 0 Å². The van der Waals surface area contributed by atoms with E-state index in [1.54, 1.807) is 12.1 Å². The van der Waals surface area contributed by atoms with E-state index in [0.29, 0.717) is 11.8 Å². The number of phenols is 1. The van der Waals surface area contributed by atoms with Crippen LogP contribution in [0.15, 0.2) is 18.2 Å². The minimum absolute atomic E-state index is 0.167. The first-order valence-corrected chi connectivity index (χ1v) is 7.26. The molecular weight excluding hydrogens is 238 g/mol.